The molecule has 0 radical (unpaired) electrons. The van der Waals surface area contributed by atoms with Crippen molar-refractivity contribution in [3.8, 4) is 5.75 Å². The van der Waals surface area contributed by atoms with Crippen LogP contribution < -0.4 is 5.32 Å². The molecular weight excluding hydrogens is 262 g/mol. The standard InChI is InChI=1S/C15H14ClNO2/c16-9-11-4-6-12(7-5-11)10-17-15(19)13-2-1-3-14(18)8-13/h1-8,18H,9-10H2,(H,17,19). The molecule has 0 bridgehead atoms. The number of rotatable bonds is 4. The van der Waals surface area contributed by atoms with E-state index in [0.29, 0.717) is 18.0 Å². The molecule has 2 rings (SSSR count). The fourth-order valence-corrected chi connectivity index (χ4v) is 1.86. The van der Waals surface area contributed by atoms with E-state index < -0.39 is 0 Å². The van der Waals surface area contributed by atoms with Crippen molar-refractivity contribution in [2.75, 3.05) is 0 Å². The average Bonchev–Trinajstić information content (AvgIpc) is 2.45. The van der Waals surface area contributed by atoms with Crippen LogP contribution in [0.2, 0.25) is 0 Å². The van der Waals surface area contributed by atoms with Crippen molar-refractivity contribution in [3.63, 3.8) is 0 Å². The normalized spacial score (nSPS) is 10.2. The number of carbonyl (C=O) groups is 1. The van der Waals surface area contributed by atoms with Gasteiger partial charge >= 0.3 is 0 Å². The summed E-state index contributed by atoms with van der Waals surface area (Å²) in [6, 6.07) is 14.0. The van der Waals surface area contributed by atoms with E-state index in [1.807, 2.05) is 24.3 Å². The van der Waals surface area contributed by atoms with Gasteiger partial charge in [0.15, 0.2) is 0 Å². The Labute approximate surface area is 116 Å². The SMILES string of the molecule is O=C(NCc1ccc(CCl)cc1)c1cccc(O)c1. The molecule has 0 unspecified atom stereocenters. The molecule has 98 valence electrons. The van der Waals surface area contributed by atoms with Gasteiger partial charge in [0.1, 0.15) is 5.75 Å². The van der Waals surface area contributed by atoms with Crippen LogP contribution in [0.4, 0.5) is 0 Å². The fourth-order valence-electron chi connectivity index (χ4n) is 1.68. The molecule has 0 aliphatic heterocycles. The van der Waals surface area contributed by atoms with Crippen molar-refractivity contribution >= 4 is 17.5 Å². The highest BCUT2D eigenvalue weighted by atomic mass is 35.5. The Hall–Kier alpha value is -2.00. The number of hydrogen-bond donors (Lipinski definition) is 2. The third-order valence-electron chi connectivity index (χ3n) is 2.74. The molecule has 0 atom stereocenters. The molecule has 2 aromatic rings. The van der Waals surface area contributed by atoms with E-state index in [0.717, 1.165) is 11.1 Å². The average molecular weight is 276 g/mol. The Balaban J connectivity index is 1.96. The molecule has 0 aliphatic carbocycles. The van der Waals surface area contributed by atoms with Gasteiger partial charge in [-0.05, 0) is 29.3 Å². The van der Waals surface area contributed by atoms with Crippen LogP contribution in [0, 0.1) is 0 Å². The zero-order valence-corrected chi connectivity index (χ0v) is 11.0. The minimum absolute atomic E-state index is 0.0825. The van der Waals surface area contributed by atoms with E-state index in [4.69, 9.17) is 11.6 Å². The molecule has 1 amide bonds. The minimum atomic E-state index is -0.211. The first kappa shape index (κ1) is 13.4. The summed E-state index contributed by atoms with van der Waals surface area (Å²) in [6.45, 7) is 0.442. The maximum absolute atomic E-state index is 11.8. The molecule has 0 aliphatic rings. The van der Waals surface area contributed by atoms with Gasteiger partial charge in [-0.1, -0.05) is 30.3 Å². The second kappa shape index (κ2) is 6.25. The van der Waals surface area contributed by atoms with Crippen LogP contribution >= 0.6 is 11.6 Å². The van der Waals surface area contributed by atoms with Crippen LogP contribution in [-0.2, 0) is 12.4 Å². The predicted octanol–water partition coefficient (Wildman–Crippen LogP) is 3.06. The molecule has 0 fully saturated rings. The van der Waals surface area contributed by atoms with Gasteiger partial charge in [-0.2, -0.15) is 0 Å². The van der Waals surface area contributed by atoms with Crippen molar-refractivity contribution in [2.24, 2.45) is 0 Å². The minimum Gasteiger partial charge on any atom is -0.508 e. The number of alkyl halides is 1. The highest BCUT2D eigenvalue weighted by Gasteiger charge is 2.05. The predicted molar refractivity (Wildman–Crippen MR) is 75.3 cm³/mol. The lowest BCUT2D eigenvalue weighted by molar-refractivity contribution is 0.0950. The summed E-state index contributed by atoms with van der Waals surface area (Å²) < 4.78 is 0. The lowest BCUT2D eigenvalue weighted by atomic mass is 10.1. The third kappa shape index (κ3) is 3.73. The number of nitrogens with one attached hydrogen (secondary N) is 1. The summed E-state index contributed by atoms with van der Waals surface area (Å²) in [6.07, 6.45) is 0. The van der Waals surface area contributed by atoms with Gasteiger partial charge in [-0.25, -0.2) is 0 Å². The number of benzene rings is 2. The van der Waals surface area contributed by atoms with Crippen LogP contribution in [0.1, 0.15) is 21.5 Å². The van der Waals surface area contributed by atoms with Gasteiger partial charge in [0, 0.05) is 18.0 Å². The van der Waals surface area contributed by atoms with Crippen LogP contribution in [0.3, 0.4) is 0 Å². The van der Waals surface area contributed by atoms with Crippen molar-refractivity contribution in [2.45, 2.75) is 12.4 Å². The quantitative estimate of drug-likeness (QED) is 0.843. The van der Waals surface area contributed by atoms with Crippen molar-refractivity contribution in [1.29, 1.82) is 0 Å². The molecule has 0 saturated carbocycles. The monoisotopic (exact) mass is 275 g/mol. The first-order chi connectivity index (χ1) is 9.19. The van der Waals surface area contributed by atoms with Crippen molar-refractivity contribution in [3.05, 3.63) is 65.2 Å². The van der Waals surface area contributed by atoms with Crippen LogP contribution in [0.5, 0.6) is 5.75 Å². The molecule has 2 N–H and O–H groups in total. The number of carbonyl (C=O) groups excluding carboxylic acids is 1. The highest BCUT2D eigenvalue weighted by molar-refractivity contribution is 6.17. The molecule has 0 spiro atoms. The van der Waals surface area contributed by atoms with Crippen LogP contribution in [0.15, 0.2) is 48.5 Å². The smallest absolute Gasteiger partial charge is 0.251 e. The Bertz CT molecular complexity index is 567. The molecule has 3 nitrogen and oxygen atoms in total. The van der Waals surface area contributed by atoms with Crippen molar-refractivity contribution in [1.82, 2.24) is 5.32 Å². The Morgan fingerprint density at radius 1 is 1.11 bits per heavy atom. The van der Waals surface area contributed by atoms with Gasteiger partial charge in [0.25, 0.3) is 5.91 Å². The zero-order valence-electron chi connectivity index (χ0n) is 10.3. The number of amides is 1. The molecule has 2 aromatic carbocycles. The van der Waals surface area contributed by atoms with E-state index in [9.17, 15) is 9.90 Å². The van der Waals surface area contributed by atoms with E-state index in [2.05, 4.69) is 5.32 Å². The van der Waals surface area contributed by atoms with E-state index in [-0.39, 0.29) is 11.7 Å². The Kier molecular flexibility index (Phi) is 4.42. The summed E-state index contributed by atoms with van der Waals surface area (Å²) in [5.74, 6) is 0.354. The number of phenols is 1. The highest BCUT2D eigenvalue weighted by Crippen LogP contribution is 2.11. The van der Waals surface area contributed by atoms with E-state index >= 15 is 0 Å². The largest absolute Gasteiger partial charge is 0.508 e. The number of halogens is 1. The lowest BCUT2D eigenvalue weighted by Crippen LogP contribution is -2.22. The molecule has 19 heavy (non-hydrogen) atoms. The van der Waals surface area contributed by atoms with Crippen LogP contribution in [0.25, 0.3) is 0 Å². The van der Waals surface area contributed by atoms with Gasteiger partial charge in [-0.3, -0.25) is 4.79 Å². The van der Waals surface area contributed by atoms with E-state index in [1.165, 1.54) is 12.1 Å². The Morgan fingerprint density at radius 2 is 1.79 bits per heavy atom. The summed E-state index contributed by atoms with van der Waals surface area (Å²) in [7, 11) is 0. The van der Waals surface area contributed by atoms with E-state index in [1.54, 1.807) is 12.1 Å². The molecular formula is C15H14ClNO2. The first-order valence-corrected chi connectivity index (χ1v) is 6.43. The number of phenolic OH excluding ortho intramolecular Hbond substituents is 1. The zero-order chi connectivity index (χ0) is 13.7. The van der Waals surface area contributed by atoms with Gasteiger partial charge in [0.2, 0.25) is 0 Å². The lowest BCUT2D eigenvalue weighted by Gasteiger charge is -2.06. The number of aromatic hydroxyl groups is 1. The first-order valence-electron chi connectivity index (χ1n) is 5.90. The summed E-state index contributed by atoms with van der Waals surface area (Å²) in [5.41, 5.74) is 2.49. The fraction of sp³-hybridized carbons (Fsp3) is 0.133. The second-order valence-electron chi connectivity index (χ2n) is 4.18. The third-order valence-corrected chi connectivity index (χ3v) is 3.05. The summed E-state index contributed by atoms with van der Waals surface area (Å²) in [4.78, 5) is 11.8. The maximum Gasteiger partial charge on any atom is 0.251 e. The molecule has 0 saturated heterocycles. The maximum atomic E-state index is 11.8. The van der Waals surface area contributed by atoms with Gasteiger partial charge in [-0.15, -0.1) is 11.6 Å². The summed E-state index contributed by atoms with van der Waals surface area (Å²) in [5, 5.41) is 12.1. The topological polar surface area (TPSA) is 49.3 Å². The Morgan fingerprint density at radius 3 is 2.42 bits per heavy atom. The number of hydrogen-bond acceptors (Lipinski definition) is 2. The molecule has 4 heteroatoms. The van der Waals surface area contributed by atoms with Gasteiger partial charge in [0.05, 0.1) is 0 Å². The van der Waals surface area contributed by atoms with Crippen LogP contribution in [-0.4, -0.2) is 11.0 Å². The van der Waals surface area contributed by atoms with Crippen molar-refractivity contribution < 1.29 is 9.90 Å². The van der Waals surface area contributed by atoms with Gasteiger partial charge < -0.3 is 10.4 Å². The summed E-state index contributed by atoms with van der Waals surface area (Å²) >= 11 is 5.71. The molecule has 0 aromatic heterocycles. The second-order valence-corrected chi connectivity index (χ2v) is 4.45. The molecule has 0 heterocycles.